The van der Waals surface area contributed by atoms with E-state index in [-0.39, 0.29) is 5.91 Å². The molecule has 0 aliphatic carbocycles. The summed E-state index contributed by atoms with van der Waals surface area (Å²) in [5, 5.41) is 0. The number of nitrogen functional groups attached to an aromatic ring is 1. The number of hydrogen-bond donors (Lipinski definition) is 1. The third-order valence-electron chi connectivity index (χ3n) is 4.04. The standard InChI is InChI=1S/C16H25N3O2/c1-13-12-19(8-7-18(13)9-10-21-2)16(20)11-14-3-5-15(17)6-4-14/h3-6,13H,7-12,17H2,1-2H3. The Morgan fingerprint density at radius 2 is 2.05 bits per heavy atom. The van der Waals surface area contributed by atoms with Crippen molar-refractivity contribution >= 4 is 11.6 Å². The molecule has 1 fully saturated rings. The summed E-state index contributed by atoms with van der Waals surface area (Å²) in [5.41, 5.74) is 7.41. The van der Waals surface area contributed by atoms with Crippen molar-refractivity contribution in [3.63, 3.8) is 0 Å². The maximum Gasteiger partial charge on any atom is 0.227 e. The molecular formula is C16H25N3O2. The Balaban J connectivity index is 1.85. The quantitative estimate of drug-likeness (QED) is 0.822. The van der Waals surface area contributed by atoms with Crippen molar-refractivity contribution < 1.29 is 9.53 Å². The Morgan fingerprint density at radius 3 is 2.67 bits per heavy atom. The van der Waals surface area contributed by atoms with Gasteiger partial charge in [-0.1, -0.05) is 12.1 Å². The largest absolute Gasteiger partial charge is 0.399 e. The molecule has 2 rings (SSSR count). The summed E-state index contributed by atoms with van der Waals surface area (Å²) in [6, 6.07) is 7.91. The topological polar surface area (TPSA) is 58.8 Å². The van der Waals surface area contributed by atoms with Crippen molar-refractivity contribution in [2.24, 2.45) is 0 Å². The molecule has 1 aliphatic heterocycles. The first-order valence-corrected chi connectivity index (χ1v) is 7.45. The monoisotopic (exact) mass is 291 g/mol. The van der Waals surface area contributed by atoms with Gasteiger partial charge >= 0.3 is 0 Å². The predicted octanol–water partition coefficient (Wildman–Crippen LogP) is 0.990. The molecule has 0 aromatic heterocycles. The van der Waals surface area contributed by atoms with Crippen LogP contribution in [0.4, 0.5) is 5.69 Å². The predicted molar refractivity (Wildman–Crippen MR) is 84.0 cm³/mol. The van der Waals surface area contributed by atoms with E-state index in [0.717, 1.165) is 44.0 Å². The average Bonchev–Trinajstić information content (AvgIpc) is 2.48. The van der Waals surface area contributed by atoms with E-state index in [4.69, 9.17) is 10.5 Å². The third-order valence-corrected chi connectivity index (χ3v) is 4.04. The Labute approximate surface area is 126 Å². The third kappa shape index (κ3) is 4.44. The second-order valence-electron chi connectivity index (χ2n) is 5.64. The number of methoxy groups -OCH3 is 1. The van der Waals surface area contributed by atoms with Gasteiger partial charge in [-0.3, -0.25) is 9.69 Å². The fourth-order valence-corrected chi connectivity index (χ4v) is 2.68. The van der Waals surface area contributed by atoms with Crippen LogP contribution < -0.4 is 5.73 Å². The second kappa shape index (κ2) is 7.43. The van der Waals surface area contributed by atoms with Crippen LogP contribution >= 0.6 is 0 Å². The number of benzene rings is 1. The number of rotatable bonds is 5. The van der Waals surface area contributed by atoms with Gasteiger partial charge in [-0.15, -0.1) is 0 Å². The van der Waals surface area contributed by atoms with Gasteiger partial charge in [0.15, 0.2) is 0 Å². The zero-order valence-corrected chi connectivity index (χ0v) is 12.9. The molecule has 1 heterocycles. The number of nitrogens with two attached hydrogens (primary N) is 1. The van der Waals surface area contributed by atoms with Crippen LogP contribution in [0.1, 0.15) is 12.5 Å². The van der Waals surface area contributed by atoms with E-state index in [1.807, 2.05) is 29.2 Å². The normalized spacial score (nSPS) is 19.7. The van der Waals surface area contributed by atoms with Crippen molar-refractivity contribution in [1.29, 1.82) is 0 Å². The lowest BCUT2D eigenvalue weighted by Crippen LogP contribution is -2.54. The fourth-order valence-electron chi connectivity index (χ4n) is 2.68. The van der Waals surface area contributed by atoms with Crippen LogP contribution in [0.3, 0.4) is 0 Å². The highest BCUT2D eigenvalue weighted by Gasteiger charge is 2.26. The van der Waals surface area contributed by atoms with Gasteiger partial charge in [0.2, 0.25) is 5.91 Å². The van der Waals surface area contributed by atoms with Crippen LogP contribution in [0.5, 0.6) is 0 Å². The minimum Gasteiger partial charge on any atom is -0.399 e. The van der Waals surface area contributed by atoms with E-state index in [9.17, 15) is 4.79 Å². The highest BCUT2D eigenvalue weighted by molar-refractivity contribution is 5.79. The van der Waals surface area contributed by atoms with E-state index in [1.54, 1.807) is 7.11 Å². The van der Waals surface area contributed by atoms with Gasteiger partial charge in [0.1, 0.15) is 0 Å². The maximum atomic E-state index is 12.4. The van der Waals surface area contributed by atoms with E-state index < -0.39 is 0 Å². The van der Waals surface area contributed by atoms with Crippen LogP contribution in [0.2, 0.25) is 0 Å². The van der Waals surface area contributed by atoms with Crippen molar-refractivity contribution in [2.45, 2.75) is 19.4 Å². The summed E-state index contributed by atoms with van der Waals surface area (Å²) in [6.07, 6.45) is 0.449. The first kappa shape index (κ1) is 15.8. The fraction of sp³-hybridized carbons (Fsp3) is 0.562. The SMILES string of the molecule is COCCN1CCN(C(=O)Cc2ccc(N)cc2)CC1C. The summed E-state index contributed by atoms with van der Waals surface area (Å²) >= 11 is 0. The molecule has 5 nitrogen and oxygen atoms in total. The van der Waals surface area contributed by atoms with Gasteiger partial charge in [0.25, 0.3) is 0 Å². The minimum absolute atomic E-state index is 0.193. The van der Waals surface area contributed by atoms with Gasteiger partial charge in [-0.2, -0.15) is 0 Å². The summed E-state index contributed by atoms with van der Waals surface area (Å²) in [6.45, 7) is 6.33. The molecule has 1 aromatic carbocycles. The number of anilines is 1. The van der Waals surface area contributed by atoms with Gasteiger partial charge in [0, 0.05) is 45.0 Å². The molecule has 21 heavy (non-hydrogen) atoms. The highest BCUT2D eigenvalue weighted by atomic mass is 16.5. The zero-order valence-electron chi connectivity index (χ0n) is 12.9. The molecule has 1 aliphatic rings. The molecule has 0 saturated carbocycles. The van der Waals surface area contributed by atoms with E-state index in [2.05, 4.69) is 11.8 Å². The van der Waals surface area contributed by atoms with Gasteiger partial charge < -0.3 is 15.4 Å². The van der Waals surface area contributed by atoms with Crippen molar-refractivity contribution in [2.75, 3.05) is 45.6 Å². The summed E-state index contributed by atoms with van der Waals surface area (Å²) < 4.78 is 5.12. The van der Waals surface area contributed by atoms with Crippen LogP contribution in [-0.4, -0.2) is 61.6 Å². The van der Waals surface area contributed by atoms with E-state index in [1.165, 1.54) is 0 Å². The first-order chi connectivity index (χ1) is 10.1. The smallest absolute Gasteiger partial charge is 0.227 e. The maximum absolute atomic E-state index is 12.4. The number of nitrogens with zero attached hydrogens (tertiary/aromatic N) is 2. The molecule has 116 valence electrons. The average molecular weight is 291 g/mol. The Bertz CT molecular complexity index is 461. The number of carbonyl (C=O) groups excluding carboxylic acids is 1. The molecule has 5 heteroatoms. The molecule has 1 saturated heterocycles. The molecule has 1 atom stereocenters. The zero-order chi connectivity index (χ0) is 15.2. The van der Waals surface area contributed by atoms with Crippen LogP contribution in [0.15, 0.2) is 24.3 Å². The summed E-state index contributed by atoms with van der Waals surface area (Å²) in [5.74, 6) is 0.193. The van der Waals surface area contributed by atoms with Crippen LogP contribution in [-0.2, 0) is 16.0 Å². The molecule has 2 N–H and O–H groups in total. The first-order valence-electron chi connectivity index (χ1n) is 7.45. The lowest BCUT2D eigenvalue weighted by atomic mass is 10.1. The van der Waals surface area contributed by atoms with Gasteiger partial charge in [-0.05, 0) is 24.6 Å². The summed E-state index contributed by atoms with van der Waals surface area (Å²) in [4.78, 5) is 16.7. The number of amides is 1. The lowest BCUT2D eigenvalue weighted by molar-refractivity contribution is -0.133. The van der Waals surface area contributed by atoms with Crippen LogP contribution in [0, 0.1) is 0 Å². The molecule has 1 aromatic rings. The highest BCUT2D eigenvalue weighted by Crippen LogP contribution is 2.12. The second-order valence-corrected chi connectivity index (χ2v) is 5.64. The Hall–Kier alpha value is -1.59. The molecular weight excluding hydrogens is 266 g/mol. The van der Waals surface area contributed by atoms with Crippen molar-refractivity contribution in [3.05, 3.63) is 29.8 Å². The number of piperazine rings is 1. The van der Waals surface area contributed by atoms with Crippen molar-refractivity contribution in [3.8, 4) is 0 Å². The minimum atomic E-state index is 0.193. The van der Waals surface area contributed by atoms with E-state index >= 15 is 0 Å². The number of hydrogen-bond acceptors (Lipinski definition) is 4. The molecule has 0 spiro atoms. The summed E-state index contributed by atoms with van der Waals surface area (Å²) in [7, 11) is 1.72. The lowest BCUT2D eigenvalue weighted by Gasteiger charge is -2.39. The molecule has 0 bridgehead atoms. The van der Waals surface area contributed by atoms with Crippen LogP contribution in [0.25, 0.3) is 0 Å². The molecule has 0 radical (unpaired) electrons. The van der Waals surface area contributed by atoms with Crippen molar-refractivity contribution in [1.82, 2.24) is 9.80 Å². The Morgan fingerprint density at radius 1 is 1.33 bits per heavy atom. The molecule has 1 amide bonds. The Kier molecular flexibility index (Phi) is 5.59. The number of carbonyl (C=O) groups is 1. The number of ether oxygens (including phenoxy) is 1. The molecule has 1 unspecified atom stereocenters. The van der Waals surface area contributed by atoms with E-state index in [0.29, 0.717) is 12.5 Å². The van der Waals surface area contributed by atoms with Gasteiger partial charge in [0.05, 0.1) is 13.0 Å². The van der Waals surface area contributed by atoms with Gasteiger partial charge in [-0.25, -0.2) is 0 Å².